The van der Waals surface area contributed by atoms with Crippen LogP contribution in [0.3, 0.4) is 0 Å². The molecule has 0 fully saturated rings. The molecule has 1 aromatic carbocycles. The Kier molecular flexibility index (Phi) is 5.46. The van der Waals surface area contributed by atoms with Crippen molar-refractivity contribution in [3.8, 4) is 5.75 Å². The quantitative estimate of drug-likeness (QED) is 0.432. The number of benzene rings is 1. The summed E-state index contributed by atoms with van der Waals surface area (Å²) in [4.78, 5) is 0. The highest BCUT2D eigenvalue weighted by atomic mass is 28.4. The SMILES string of the molecule is C=CC[Si](CC=C)(CC=C)Oc1ccc(N)cc1. The molecule has 0 spiro atoms. The Morgan fingerprint density at radius 1 is 0.944 bits per heavy atom. The summed E-state index contributed by atoms with van der Waals surface area (Å²) < 4.78 is 6.25. The molecule has 18 heavy (non-hydrogen) atoms. The van der Waals surface area contributed by atoms with Crippen molar-refractivity contribution in [3.63, 3.8) is 0 Å². The fourth-order valence-electron chi connectivity index (χ4n) is 1.95. The third-order valence-electron chi connectivity index (χ3n) is 2.76. The van der Waals surface area contributed by atoms with Gasteiger partial charge in [0, 0.05) is 5.69 Å². The summed E-state index contributed by atoms with van der Waals surface area (Å²) in [6.07, 6.45) is 5.78. The van der Waals surface area contributed by atoms with Gasteiger partial charge in [0.05, 0.1) is 0 Å². The van der Waals surface area contributed by atoms with E-state index in [0.717, 1.165) is 29.6 Å². The number of nitrogens with two attached hydrogens (primary N) is 1. The minimum absolute atomic E-state index is 0.741. The van der Waals surface area contributed by atoms with E-state index in [1.54, 1.807) is 0 Å². The number of allylic oxidation sites excluding steroid dienone is 3. The highest BCUT2D eigenvalue weighted by Crippen LogP contribution is 2.27. The molecule has 96 valence electrons. The first-order valence-corrected chi connectivity index (χ1v) is 8.56. The molecule has 1 rings (SSSR count). The summed E-state index contributed by atoms with van der Waals surface area (Å²) in [6, 6.07) is 10.2. The number of hydrogen-bond donors (Lipinski definition) is 1. The van der Waals surface area contributed by atoms with Gasteiger partial charge in [-0.3, -0.25) is 0 Å². The second kappa shape index (κ2) is 6.86. The Hall–Kier alpha value is -1.74. The second-order valence-electron chi connectivity index (χ2n) is 4.33. The van der Waals surface area contributed by atoms with E-state index >= 15 is 0 Å². The predicted molar refractivity (Wildman–Crippen MR) is 82.2 cm³/mol. The van der Waals surface area contributed by atoms with Gasteiger partial charge in [0.1, 0.15) is 5.75 Å². The topological polar surface area (TPSA) is 35.2 Å². The molecule has 2 nitrogen and oxygen atoms in total. The fraction of sp³-hybridized carbons (Fsp3) is 0.200. The van der Waals surface area contributed by atoms with E-state index in [9.17, 15) is 0 Å². The van der Waals surface area contributed by atoms with Gasteiger partial charge >= 0.3 is 0 Å². The molecule has 0 aliphatic carbocycles. The molecule has 0 atom stereocenters. The average Bonchev–Trinajstić information content (AvgIpc) is 2.33. The molecule has 0 saturated carbocycles. The summed E-state index contributed by atoms with van der Waals surface area (Å²) in [5, 5.41) is 0. The molecule has 0 radical (unpaired) electrons. The number of anilines is 1. The first-order chi connectivity index (χ1) is 8.65. The van der Waals surface area contributed by atoms with Gasteiger partial charge in [0.15, 0.2) is 0 Å². The lowest BCUT2D eigenvalue weighted by molar-refractivity contribution is 0.542. The van der Waals surface area contributed by atoms with E-state index in [1.165, 1.54) is 0 Å². The predicted octanol–water partition coefficient (Wildman–Crippen LogP) is 4.15. The van der Waals surface area contributed by atoms with Crippen LogP contribution < -0.4 is 10.2 Å². The van der Waals surface area contributed by atoms with Gasteiger partial charge in [-0.25, -0.2) is 0 Å². The van der Waals surface area contributed by atoms with Crippen molar-refractivity contribution < 1.29 is 4.43 Å². The molecule has 0 bridgehead atoms. The standard InChI is InChI=1S/C15H21NOSi/c1-4-11-18(12-5-2,13-6-3)17-15-9-7-14(16)8-10-15/h4-10H,1-3,11-13,16H2. The minimum atomic E-state index is -1.95. The van der Waals surface area contributed by atoms with E-state index in [0.29, 0.717) is 0 Å². The van der Waals surface area contributed by atoms with E-state index < -0.39 is 8.32 Å². The summed E-state index contributed by atoms with van der Waals surface area (Å²) in [5.74, 6) is 0.862. The van der Waals surface area contributed by atoms with Crippen molar-refractivity contribution in [1.29, 1.82) is 0 Å². The highest BCUT2D eigenvalue weighted by molar-refractivity contribution is 6.75. The van der Waals surface area contributed by atoms with Crippen molar-refractivity contribution in [2.75, 3.05) is 5.73 Å². The van der Waals surface area contributed by atoms with E-state index in [1.807, 2.05) is 42.5 Å². The molecule has 0 aromatic heterocycles. The molecule has 0 aliphatic heterocycles. The zero-order valence-corrected chi connectivity index (χ0v) is 11.8. The maximum absolute atomic E-state index is 6.25. The summed E-state index contributed by atoms with van der Waals surface area (Å²) in [5.41, 5.74) is 6.42. The molecule has 0 amide bonds. The number of nitrogen functional groups attached to an aromatic ring is 1. The van der Waals surface area contributed by atoms with Crippen LogP contribution in [0.25, 0.3) is 0 Å². The maximum Gasteiger partial charge on any atom is 0.262 e. The van der Waals surface area contributed by atoms with Crippen LogP contribution >= 0.6 is 0 Å². The largest absolute Gasteiger partial charge is 0.543 e. The zero-order valence-electron chi connectivity index (χ0n) is 10.8. The van der Waals surface area contributed by atoms with E-state index in [-0.39, 0.29) is 0 Å². The molecular formula is C15H21NOSi. The number of hydrogen-bond acceptors (Lipinski definition) is 2. The Bertz CT molecular complexity index is 384. The molecule has 2 N–H and O–H groups in total. The van der Waals surface area contributed by atoms with Crippen molar-refractivity contribution in [2.24, 2.45) is 0 Å². The van der Waals surface area contributed by atoms with Gasteiger partial charge in [-0.2, -0.15) is 0 Å². The van der Waals surface area contributed by atoms with Crippen LogP contribution in [0.5, 0.6) is 5.75 Å². The lowest BCUT2D eigenvalue weighted by Gasteiger charge is -2.29. The Morgan fingerprint density at radius 3 is 1.78 bits per heavy atom. The monoisotopic (exact) mass is 259 g/mol. The van der Waals surface area contributed by atoms with Gasteiger partial charge in [0.25, 0.3) is 8.32 Å². The van der Waals surface area contributed by atoms with Crippen LogP contribution in [0.15, 0.2) is 62.2 Å². The molecular weight excluding hydrogens is 238 g/mol. The normalized spacial score (nSPS) is 10.7. The maximum atomic E-state index is 6.25. The molecule has 0 aliphatic rings. The Morgan fingerprint density at radius 2 is 1.39 bits per heavy atom. The highest BCUT2D eigenvalue weighted by Gasteiger charge is 2.33. The van der Waals surface area contributed by atoms with Crippen molar-refractivity contribution in [1.82, 2.24) is 0 Å². The van der Waals surface area contributed by atoms with Gasteiger partial charge in [-0.1, -0.05) is 18.2 Å². The molecule has 0 saturated heterocycles. The van der Waals surface area contributed by atoms with Crippen LogP contribution in [-0.2, 0) is 0 Å². The zero-order chi connectivity index (χ0) is 13.4. The number of rotatable bonds is 8. The van der Waals surface area contributed by atoms with Crippen LogP contribution in [0.1, 0.15) is 0 Å². The lowest BCUT2D eigenvalue weighted by Crippen LogP contribution is -2.40. The smallest absolute Gasteiger partial charge is 0.262 e. The summed E-state index contributed by atoms with van der Waals surface area (Å²) in [6.45, 7) is 11.5. The van der Waals surface area contributed by atoms with Gasteiger partial charge in [-0.15, -0.1) is 19.7 Å². The average molecular weight is 259 g/mol. The second-order valence-corrected chi connectivity index (χ2v) is 8.13. The molecule has 3 heteroatoms. The van der Waals surface area contributed by atoms with Crippen LogP contribution in [0.4, 0.5) is 5.69 Å². The molecule has 1 aromatic rings. The Labute approximate surface area is 111 Å². The van der Waals surface area contributed by atoms with Crippen LogP contribution in [0, 0.1) is 0 Å². The third-order valence-corrected chi connectivity index (χ3v) is 6.53. The van der Waals surface area contributed by atoms with Crippen LogP contribution in [-0.4, -0.2) is 8.32 Å². The third kappa shape index (κ3) is 3.93. The van der Waals surface area contributed by atoms with Gasteiger partial charge < -0.3 is 10.2 Å². The first-order valence-electron chi connectivity index (χ1n) is 6.03. The van der Waals surface area contributed by atoms with Crippen molar-refractivity contribution in [2.45, 2.75) is 18.1 Å². The molecule has 0 heterocycles. The molecule has 0 unspecified atom stereocenters. The van der Waals surface area contributed by atoms with E-state index in [4.69, 9.17) is 10.2 Å². The summed E-state index contributed by atoms with van der Waals surface area (Å²) >= 11 is 0. The van der Waals surface area contributed by atoms with Gasteiger partial charge in [0.2, 0.25) is 0 Å². The first kappa shape index (κ1) is 14.3. The van der Waals surface area contributed by atoms with Crippen molar-refractivity contribution in [3.05, 3.63) is 62.2 Å². The Balaban J connectivity index is 2.93. The van der Waals surface area contributed by atoms with Crippen LogP contribution in [0.2, 0.25) is 18.1 Å². The van der Waals surface area contributed by atoms with Gasteiger partial charge in [-0.05, 0) is 42.4 Å². The minimum Gasteiger partial charge on any atom is -0.543 e. The summed E-state index contributed by atoms with van der Waals surface area (Å²) in [7, 11) is -1.95. The fourth-order valence-corrected chi connectivity index (χ4v) is 4.91. The van der Waals surface area contributed by atoms with E-state index in [2.05, 4.69) is 19.7 Å². The van der Waals surface area contributed by atoms with Crippen molar-refractivity contribution >= 4 is 14.0 Å². The lowest BCUT2D eigenvalue weighted by atomic mass is 10.3.